The molecule has 1 aromatic carbocycles. The molecule has 23 heavy (non-hydrogen) atoms. The van der Waals surface area contributed by atoms with Crippen LogP contribution in [0.15, 0.2) is 42.3 Å². The number of halogens is 3. The second kappa shape index (κ2) is 8.57. The SMILES string of the molecule is N#CC(F)=CC=CC1CCC(CCc2ccc(F)c(F)c2)CC1. The Kier molecular flexibility index (Phi) is 6.46. The summed E-state index contributed by atoms with van der Waals surface area (Å²) >= 11 is 0. The van der Waals surface area contributed by atoms with E-state index in [1.165, 1.54) is 24.3 Å². The Labute approximate surface area is 135 Å². The lowest BCUT2D eigenvalue weighted by Gasteiger charge is -2.26. The van der Waals surface area contributed by atoms with Gasteiger partial charge in [0.2, 0.25) is 0 Å². The van der Waals surface area contributed by atoms with E-state index in [-0.39, 0.29) is 0 Å². The molecular formula is C19H20F3N. The molecule has 4 heteroatoms. The molecule has 1 aliphatic carbocycles. The number of benzene rings is 1. The summed E-state index contributed by atoms with van der Waals surface area (Å²) in [7, 11) is 0. The second-order valence-electron chi connectivity index (χ2n) is 6.08. The lowest BCUT2D eigenvalue weighted by Crippen LogP contribution is -2.13. The largest absolute Gasteiger partial charge is 0.204 e. The lowest BCUT2D eigenvalue weighted by atomic mass is 9.79. The summed E-state index contributed by atoms with van der Waals surface area (Å²) in [5, 5.41) is 8.32. The molecule has 1 aromatic rings. The van der Waals surface area contributed by atoms with Crippen LogP contribution in [0.2, 0.25) is 0 Å². The van der Waals surface area contributed by atoms with E-state index < -0.39 is 17.5 Å². The highest BCUT2D eigenvalue weighted by Crippen LogP contribution is 2.32. The van der Waals surface area contributed by atoms with E-state index in [9.17, 15) is 13.2 Å². The molecule has 0 atom stereocenters. The fourth-order valence-corrected chi connectivity index (χ4v) is 3.07. The zero-order valence-electron chi connectivity index (χ0n) is 12.9. The number of hydrogen-bond acceptors (Lipinski definition) is 1. The third-order valence-corrected chi connectivity index (χ3v) is 4.45. The maximum atomic E-state index is 13.2. The summed E-state index contributed by atoms with van der Waals surface area (Å²) in [5.74, 6) is -1.34. The van der Waals surface area contributed by atoms with Crippen LogP contribution in [0.25, 0.3) is 0 Å². The highest BCUT2D eigenvalue weighted by atomic mass is 19.2. The number of aryl methyl sites for hydroxylation is 1. The minimum absolute atomic E-state index is 0.428. The number of rotatable bonds is 5. The van der Waals surface area contributed by atoms with Crippen molar-refractivity contribution in [3.8, 4) is 6.07 Å². The van der Waals surface area contributed by atoms with E-state index in [0.29, 0.717) is 11.8 Å². The van der Waals surface area contributed by atoms with E-state index in [1.807, 2.05) is 6.08 Å². The fraction of sp³-hybridized carbons (Fsp3) is 0.421. The zero-order valence-corrected chi connectivity index (χ0v) is 12.9. The molecule has 0 saturated heterocycles. The van der Waals surface area contributed by atoms with Crippen molar-refractivity contribution in [2.24, 2.45) is 11.8 Å². The summed E-state index contributed by atoms with van der Waals surface area (Å²) < 4.78 is 38.7. The van der Waals surface area contributed by atoms with Gasteiger partial charge in [0, 0.05) is 0 Å². The molecule has 122 valence electrons. The van der Waals surface area contributed by atoms with Gasteiger partial charge in [-0.1, -0.05) is 18.2 Å². The first-order valence-electron chi connectivity index (χ1n) is 7.96. The summed E-state index contributed by atoms with van der Waals surface area (Å²) in [6.07, 6.45) is 10.8. The first kappa shape index (κ1) is 17.3. The number of hydrogen-bond donors (Lipinski definition) is 0. The quantitative estimate of drug-likeness (QED) is 0.509. The average Bonchev–Trinajstić information content (AvgIpc) is 2.57. The smallest absolute Gasteiger partial charge is 0.199 e. The summed E-state index contributed by atoms with van der Waals surface area (Å²) in [5.41, 5.74) is 0.836. The van der Waals surface area contributed by atoms with Gasteiger partial charge in [-0.05, 0) is 74.1 Å². The van der Waals surface area contributed by atoms with Gasteiger partial charge in [-0.2, -0.15) is 9.65 Å². The summed E-state index contributed by atoms with van der Waals surface area (Å²) in [4.78, 5) is 0. The van der Waals surface area contributed by atoms with Crippen LogP contribution in [0.5, 0.6) is 0 Å². The van der Waals surface area contributed by atoms with Gasteiger partial charge >= 0.3 is 0 Å². The van der Waals surface area contributed by atoms with Crippen LogP contribution in [0.3, 0.4) is 0 Å². The molecule has 0 amide bonds. The van der Waals surface area contributed by atoms with E-state index in [4.69, 9.17) is 5.26 Å². The van der Waals surface area contributed by atoms with Gasteiger partial charge in [0.25, 0.3) is 0 Å². The second-order valence-corrected chi connectivity index (χ2v) is 6.08. The zero-order chi connectivity index (χ0) is 16.7. The van der Waals surface area contributed by atoms with Crippen LogP contribution in [0.1, 0.15) is 37.7 Å². The molecule has 0 N–H and O–H groups in total. The Morgan fingerprint density at radius 1 is 1.17 bits per heavy atom. The van der Waals surface area contributed by atoms with Crippen LogP contribution < -0.4 is 0 Å². The first-order valence-corrected chi connectivity index (χ1v) is 7.96. The maximum absolute atomic E-state index is 13.2. The predicted molar refractivity (Wildman–Crippen MR) is 84.1 cm³/mol. The molecule has 1 fully saturated rings. The molecule has 1 aliphatic rings. The minimum Gasteiger partial charge on any atom is -0.204 e. The summed E-state index contributed by atoms with van der Waals surface area (Å²) in [6, 6.07) is 5.54. The van der Waals surface area contributed by atoms with Gasteiger partial charge in [-0.3, -0.25) is 0 Å². The van der Waals surface area contributed by atoms with E-state index in [1.54, 1.807) is 12.1 Å². The van der Waals surface area contributed by atoms with E-state index in [2.05, 4.69) is 0 Å². The standard InChI is InChI=1S/C19H20F3N/c20-17(13-23)3-1-2-14-4-6-15(7-5-14)8-9-16-10-11-18(21)19(22)12-16/h1-3,10-12,14-15H,4-9H2. The third kappa shape index (κ3) is 5.59. The Bertz CT molecular complexity index is 620. The molecule has 0 bridgehead atoms. The summed E-state index contributed by atoms with van der Waals surface area (Å²) in [6.45, 7) is 0. The van der Waals surface area contributed by atoms with Crippen molar-refractivity contribution < 1.29 is 13.2 Å². The van der Waals surface area contributed by atoms with Gasteiger partial charge < -0.3 is 0 Å². The molecule has 0 radical (unpaired) electrons. The molecular weight excluding hydrogens is 299 g/mol. The van der Waals surface area contributed by atoms with Gasteiger partial charge in [0.1, 0.15) is 6.07 Å². The Balaban J connectivity index is 1.74. The topological polar surface area (TPSA) is 23.8 Å². The molecule has 1 saturated carbocycles. The van der Waals surface area contributed by atoms with Crippen molar-refractivity contribution in [2.75, 3.05) is 0 Å². The molecule has 0 heterocycles. The Morgan fingerprint density at radius 2 is 1.91 bits per heavy atom. The number of nitrogens with zero attached hydrogens (tertiary/aromatic N) is 1. The van der Waals surface area contributed by atoms with Gasteiger partial charge in [-0.25, -0.2) is 8.78 Å². The molecule has 0 unspecified atom stereocenters. The first-order chi connectivity index (χ1) is 11.1. The van der Waals surface area contributed by atoms with Crippen molar-refractivity contribution >= 4 is 0 Å². The van der Waals surface area contributed by atoms with Crippen molar-refractivity contribution in [3.05, 3.63) is 59.5 Å². The highest BCUT2D eigenvalue weighted by molar-refractivity contribution is 5.19. The van der Waals surface area contributed by atoms with Crippen molar-refractivity contribution in [3.63, 3.8) is 0 Å². The van der Waals surface area contributed by atoms with Crippen molar-refractivity contribution in [2.45, 2.75) is 38.5 Å². The van der Waals surface area contributed by atoms with Crippen LogP contribution in [-0.4, -0.2) is 0 Å². The minimum atomic E-state index is -0.803. The number of allylic oxidation sites excluding steroid dienone is 4. The monoisotopic (exact) mass is 319 g/mol. The van der Waals surface area contributed by atoms with Crippen LogP contribution in [0.4, 0.5) is 13.2 Å². The van der Waals surface area contributed by atoms with Gasteiger partial charge in [0.15, 0.2) is 17.5 Å². The Hall–Kier alpha value is -2.02. The van der Waals surface area contributed by atoms with Gasteiger partial charge in [-0.15, -0.1) is 0 Å². The van der Waals surface area contributed by atoms with E-state index >= 15 is 0 Å². The lowest BCUT2D eigenvalue weighted by molar-refractivity contribution is 0.296. The molecule has 2 rings (SSSR count). The maximum Gasteiger partial charge on any atom is 0.199 e. The molecule has 0 aliphatic heterocycles. The predicted octanol–water partition coefficient (Wildman–Crippen LogP) is 5.64. The van der Waals surface area contributed by atoms with E-state index in [0.717, 1.165) is 44.1 Å². The van der Waals surface area contributed by atoms with Crippen LogP contribution in [-0.2, 0) is 6.42 Å². The third-order valence-electron chi connectivity index (χ3n) is 4.45. The van der Waals surface area contributed by atoms with Crippen molar-refractivity contribution in [1.29, 1.82) is 5.26 Å². The normalized spacial score (nSPS) is 22.3. The number of nitriles is 1. The Morgan fingerprint density at radius 3 is 2.57 bits per heavy atom. The molecule has 0 spiro atoms. The van der Waals surface area contributed by atoms with Gasteiger partial charge in [0.05, 0.1) is 0 Å². The highest BCUT2D eigenvalue weighted by Gasteiger charge is 2.19. The van der Waals surface area contributed by atoms with Crippen LogP contribution >= 0.6 is 0 Å². The average molecular weight is 319 g/mol. The fourth-order valence-electron chi connectivity index (χ4n) is 3.07. The molecule has 0 aromatic heterocycles. The van der Waals surface area contributed by atoms with Crippen LogP contribution in [0, 0.1) is 34.8 Å². The molecule has 1 nitrogen and oxygen atoms in total. The van der Waals surface area contributed by atoms with Crippen molar-refractivity contribution in [1.82, 2.24) is 0 Å².